The molecule has 0 radical (unpaired) electrons. The molecule has 9 heteroatoms. The van der Waals surface area contributed by atoms with E-state index in [1.54, 1.807) is 19.1 Å². The summed E-state index contributed by atoms with van der Waals surface area (Å²) in [5.41, 5.74) is 3.27. The Balaban J connectivity index is 0.000000330. The second kappa shape index (κ2) is 9.00. The zero-order valence-electron chi connectivity index (χ0n) is 19.5. The molecule has 3 heterocycles. The number of aliphatic hydroxyl groups excluding tert-OH is 2. The fourth-order valence-electron chi connectivity index (χ4n) is 4.96. The molecule has 6 rings (SSSR count). The molecule has 2 amide bonds. The third-order valence-electron chi connectivity index (χ3n) is 6.89. The number of aromatic nitrogens is 2. The van der Waals surface area contributed by atoms with Crippen LogP contribution < -0.4 is 5.32 Å². The minimum atomic E-state index is -0.744. The van der Waals surface area contributed by atoms with Crippen LogP contribution in [0.3, 0.4) is 0 Å². The molecule has 3 atom stereocenters. The van der Waals surface area contributed by atoms with Gasteiger partial charge < -0.3 is 20.2 Å². The number of aromatic amines is 2. The van der Waals surface area contributed by atoms with E-state index in [2.05, 4.69) is 21.9 Å². The normalized spacial score (nSPS) is 21.8. The monoisotopic (exact) mass is 493 g/mol. The number of rotatable bonds is 0. The smallest absolute Gasteiger partial charge is 0.257 e. The molecular weight excluding hydrogens is 468 g/mol. The lowest BCUT2D eigenvalue weighted by molar-refractivity contribution is -0.128. The number of carbonyl (C=O) groups is 2. The van der Waals surface area contributed by atoms with Crippen molar-refractivity contribution in [3.8, 4) is 11.4 Å². The summed E-state index contributed by atoms with van der Waals surface area (Å²) in [5.74, 6) is -2.83. The summed E-state index contributed by atoms with van der Waals surface area (Å²) in [6, 6.07) is 8.47. The minimum absolute atomic E-state index is 0.0371. The van der Waals surface area contributed by atoms with Gasteiger partial charge in [-0.25, -0.2) is 8.78 Å². The van der Waals surface area contributed by atoms with Crippen LogP contribution in [0.2, 0.25) is 0 Å². The molecule has 3 unspecified atom stereocenters. The maximum Gasteiger partial charge on any atom is 0.257 e. The van der Waals surface area contributed by atoms with Gasteiger partial charge in [0.15, 0.2) is 0 Å². The molecule has 1 saturated carbocycles. The van der Waals surface area contributed by atoms with Gasteiger partial charge in [-0.1, -0.05) is 6.58 Å². The lowest BCUT2D eigenvalue weighted by atomic mass is 9.94. The summed E-state index contributed by atoms with van der Waals surface area (Å²) < 4.78 is 27.9. The third kappa shape index (κ3) is 4.00. The van der Waals surface area contributed by atoms with Crippen LogP contribution in [0.1, 0.15) is 43.2 Å². The number of fused-ring (bicyclic) bond motifs is 7. The fraction of sp³-hybridized carbons (Fsp3) is 0.259. The number of benzene rings is 2. The van der Waals surface area contributed by atoms with Crippen LogP contribution >= 0.6 is 0 Å². The van der Waals surface area contributed by atoms with Crippen LogP contribution in [0.25, 0.3) is 38.8 Å². The molecule has 1 aliphatic heterocycles. The molecule has 7 nitrogen and oxygen atoms in total. The molecule has 0 saturated heterocycles. The van der Waals surface area contributed by atoms with E-state index in [1.165, 1.54) is 24.3 Å². The minimum Gasteiger partial charge on any atom is -0.390 e. The fourth-order valence-corrected chi connectivity index (χ4v) is 4.96. The van der Waals surface area contributed by atoms with Crippen LogP contribution in [0, 0.1) is 11.6 Å². The lowest BCUT2D eigenvalue weighted by Gasteiger charge is -2.11. The zero-order valence-corrected chi connectivity index (χ0v) is 19.5. The Kier molecular flexibility index (Phi) is 5.97. The molecular formula is C27H25F2N3O4. The Hall–Kier alpha value is -3.82. The Morgan fingerprint density at radius 1 is 0.889 bits per heavy atom. The summed E-state index contributed by atoms with van der Waals surface area (Å²) in [4.78, 5) is 31.8. The SMILES string of the molecule is C=C1C(=O)NC(=O)C(C)c2c([nH]c3ccc(F)cc23)-c2[nH]c3ccc(F)cc3c21.OC1CCCC1O. The number of nitrogens with one attached hydrogen (secondary N) is 3. The van der Waals surface area contributed by atoms with Crippen molar-refractivity contribution in [3.05, 3.63) is 65.7 Å². The van der Waals surface area contributed by atoms with E-state index in [-0.39, 0.29) is 5.57 Å². The molecule has 1 fully saturated rings. The first-order chi connectivity index (χ1) is 17.2. The summed E-state index contributed by atoms with van der Waals surface area (Å²) in [5, 5.41) is 20.9. The van der Waals surface area contributed by atoms with Gasteiger partial charge >= 0.3 is 0 Å². The standard InChI is InChI=1S/C22H15F2N3O2.C5H10O2/c1-9-17-13-7-11(23)3-5-15(13)25-19(17)20-18(10(2)22(29)27-21(9)28)14-8-12(24)4-6-16(14)26-20;6-4-2-1-3-5(4)7/h3-8,10,25-26H,1H2,2H3,(H,27,28,29);4-7H,1-3H2. The lowest BCUT2D eigenvalue weighted by Crippen LogP contribution is -2.33. The molecule has 2 aromatic carbocycles. The first-order valence-corrected chi connectivity index (χ1v) is 11.7. The van der Waals surface area contributed by atoms with Gasteiger partial charge in [0, 0.05) is 32.9 Å². The summed E-state index contributed by atoms with van der Waals surface area (Å²) in [6.45, 7) is 5.50. The maximum atomic E-state index is 14.0. The number of imide groups is 1. The molecule has 4 aromatic rings. The highest BCUT2D eigenvalue weighted by molar-refractivity contribution is 6.28. The van der Waals surface area contributed by atoms with E-state index in [1.807, 2.05) is 0 Å². The van der Waals surface area contributed by atoms with E-state index >= 15 is 0 Å². The van der Waals surface area contributed by atoms with Crippen LogP contribution in [-0.2, 0) is 9.59 Å². The van der Waals surface area contributed by atoms with Crippen molar-refractivity contribution < 1.29 is 28.6 Å². The summed E-state index contributed by atoms with van der Waals surface area (Å²) in [7, 11) is 0. The molecule has 186 valence electrons. The van der Waals surface area contributed by atoms with E-state index in [4.69, 9.17) is 10.2 Å². The topological polar surface area (TPSA) is 118 Å². The van der Waals surface area contributed by atoms with Gasteiger partial charge in [-0.3, -0.25) is 14.9 Å². The third-order valence-corrected chi connectivity index (χ3v) is 6.89. The number of hydrogen-bond donors (Lipinski definition) is 5. The highest BCUT2D eigenvalue weighted by Gasteiger charge is 2.32. The van der Waals surface area contributed by atoms with E-state index in [9.17, 15) is 18.4 Å². The first-order valence-electron chi connectivity index (χ1n) is 11.7. The van der Waals surface area contributed by atoms with Crippen molar-refractivity contribution >= 4 is 39.2 Å². The number of aliphatic hydroxyl groups is 2. The quantitative estimate of drug-likeness (QED) is 0.186. The van der Waals surface area contributed by atoms with Crippen molar-refractivity contribution in [1.29, 1.82) is 0 Å². The maximum absolute atomic E-state index is 14.0. The average Bonchev–Trinajstić information content (AvgIpc) is 3.52. The van der Waals surface area contributed by atoms with Crippen LogP contribution in [0.15, 0.2) is 43.0 Å². The van der Waals surface area contributed by atoms with E-state index in [0.29, 0.717) is 44.3 Å². The first kappa shape index (κ1) is 23.9. The van der Waals surface area contributed by atoms with Crippen molar-refractivity contribution in [2.75, 3.05) is 0 Å². The van der Waals surface area contributed by atoms with Gasteiger partial charge in [-0.15, -0.1) is 0 Å². The Morgan fingerprint density at radius 3 is 2.03 bits per heavy atom. The molecule has 2 aromatic heterocycles. The highest BCUT2D eigenvalue weighted by Crippen LogP contribution is 2.42. The van der Waals surface area contributed by atoms with E-state index < -0.39 is 41.6 Å². The number of carbonyl (C=O) groups excluding carboxylic acids is 2. The van der Waals surface area contributed by atoms with Gasteiger partial charge in [0.05, 0.1) is 29.5 Å². The largest absolute Gasteiger partial charge is 0.390 e. The summed E-state index contributed by atoms with van der Waals surface area (Å²) >= 11 is 0. The van der Waals surface area contributed by atoms with Crippen molar-refractivity contribution in [3.63, 3.8) is 0 Å². The predicted octanol–water partition coefficient (Wildman–Crippen LogP) is 4.26. The molecule has 1 aliphatic carbocycles. The number of halogens is 2. The van der Waals surface area contributed by atoms with Gasteiger partial charge in [-0.2, -0.15) is 0 Å². The molecule has 5 N–H and O–H groups in total. The van der Waals surface area contributed by atoms with E-state index in [0.717, 1.165) is 19.3 Å². The van der Waals surface area contributed by atoms with Crippen molar-refractivity contribution in [1.82, 2.24) is 15.3 Å². The molecule has 36 heavy (non-hydrogen) atoms. The van der Waals surface area contributed by atoms with Gasteiger partial charge in [0.1, 0.15) is 11.6 Å². The Labute approximate surface area is 204 Å². The summed E-state index contributed by atoms with van der Waals surface area (Å²) in [6.07, 6.45) is 1.67. The molecule has 0 spiro atoms. The van der Waals surface area contributed by atoms with Crippen LogP contribution in [0.5, 0.6) is 0 Å². The Morgan fingerprint density at radius 2 is 1.44 bits per heavy atom. The van der Waals surface area contributed by atoms with Crippen LogP contribution in [-0.4, -0.2) is 44.2 Å². The average molecular weight is 494 g/mol. The van der Waals surface area contributed by atoms with Crippen LogP contribution in [0.4, 0.5) is 8.78 Å². The van der Waals surface area contributed by atoms with Gasteiger partial charge in [0.25, 0.3) is 5.91 Å². The second-order valence-corrected chi connectivity index (χ2v) is 9.25. The zero-order chi connectivity index (χ0) is 25.7. The Bertz CT molecular complexity index is 1530. The van der Waals surface area contributed by atoms with Gasteiger partial charge in [-0.05, 0) is 68.1 Å². The number of amides is 2. The van der Waals surface area contributed by atoms with Crippen molar-refractivity contribution in [2.24, 2.45) is 0 Å². The van der Waals surface area contributed by atoms with Gasteiger partial charge in [0.2, 0.25) is 5.91 Å². The predicted molar refractivity (Wildman–Crippen MR) is 132 cm³/mol. The molecule has 2 aliphatic rings. The molecule has 0 bridgehead atoms. The van der Waals surface area contributed by atoms with Crippen molar-refractivity contribution in [2.45, 2.75) is 44.3 Å². The highest BCUT2D eigenvalue weighted by atomic mass is 19.1. The second-order valence-electron chi connectivity index (χ2n) is 9.25. The number of hydrogen-bond acceptors (Lipinski definition) is 4. The number of H-pyrrole nitrogens is 2.